The molecule has 1 fully saturated rings. The number of carbonyl (C=O) groups is 1. The molecule has 0 heterocycles. The zero-order valence-corrected chi connectivity index (χ0v) is 11.1. The average Bonchev–Trinajstić information content (AvgIpc) is 2.68. The topological polar surface area (TPSA) is 64.3 Å². The molecule has 1 aliphatic rings. The fourth-order valence-corrected chi connectivity index (χ4v) is 2.46. The van der Waals surface area contributed by atoms with Crippen LogP contribution in [0.3, 0.4) is 0 Å². The Bertz CT molecular complexity index is 370. The lowest BCUT2D eigenvalue weighted by atomic mass is 9.96. The zero-order valence-electron chi connectivity index (χ0n) is 11.1. The number of amides is 1. The molecule has 0 saturated heterocycles. The van der Waals surface area contributed by atoms with Crippen molar-refractivity contribution in [1.29, 1.82) is 0 Å². The fourth-order valence-electron chi connectivity index (χ4n) is 2.46. The van der Waals surface area contributed by atoms with Crippen LogP contribution in [0.15, 0.2) is 0 Å². The van der Waals surface area contributed by atoms with E-state index in [1.807, 2.05) is 0 Å². The quantitative estimate of drug-likeness (QED) is 0.760. The summed E-state index contributed by atoms with van der Waals surface area (Å²) in [6, 6.07) is 0. The molecule has 1 aliphatic carbocycles. The second-order valence-corrected chi connectivity index (χ2v) is 4.94. The minimum atomic E-state index is -5.56. The molecule has 0 bridgehead atoms. The molecule has 10 heteroatoms. The lowest BCUT2D eigenvalue weighted by Crippen LogP contribution is -2.54. The molecule has 4 nitrogen and oxygen atoms in total. The van der Waals surface area contributed by atoms with Crippen molar-refractivity contribution in [2.75, 3.05) is 6.54 Å². The predicted octanol–water partition coefficient (Wildman–Crippen LogP) is 1.88. The van der Waals surface area contributed by atoms with E-state index in [0.717, 1.165) is 0 Å². The highest BCUT2D eigenvalue weighted by Crippen LogP contribution is 2.40. The van der Waals surface area contributed by atoms with Crippen LogP contribution in [0.25, 0.3) is 0 Å². The normalized spacial score (nSPS) is 27.3. The minimum Gasteiger partial charge on any atom is -0.368 e. The Kier molecular flexibility index (Phi) is 5.14. The average molecular weight is 322 g/mol. The van der Waals surface area contributed by atoms with Gasteiger partial charge in [0, 0.05) is 6.42 Å². The van der Waals surface area contributed by atoms with Gasteiger partial charge in [0.2, 0.25) is 12.0 Å². The van der Waals surface area contributed by atoms with E-state index in [9.17, 15) is 31.1 Å². The van der Waals surface area contributed by atoms with E-state index < -0.39 is 36.0 Å². The molecule has 2 atom stereocenters. The van der Waals surface area contributed by atoms with Crippen molar-refractivity contribution in [3.8, 4) is 0 Å². The predicted molar refractivity (Wildman–Crippen MR) is 60.2 cm³/mol. The van der Waals surface area contributed by atoms with Gasteiger partial charge in [-0.3, -0.25) is 4.79 Å². The van der Waals surface area contributed by atoms with Crippen LogP contribution in [0.2, 0.25) is 0 Å². The third kappa shape index (κ3) is 4.22. The number of rotatable bonds is 5. The van der Waals surface area contributed by atoms with Gasteiger partial charge in [-0.2, -0.15) is 26.3 Å². The first-order valence-electron chi connectivity index (χ1n) is 6.26. The van der Waals surface area contributed by atoms with Crippen LogP contribution in [-0.2, 0) is 9.53 Å². The standard InChI is InChI=1S/C11H16F6N2O2/c1-2-19-9(8(18)20)4-3-6(5-9)21-7(10(12,13)14)11(15,16)17/h6-7,19H,2-5H2,1H3,(H2,18,20). The maximum absolute atomic E-state index is 12.4. The Morgan fingerprint density at radius 3 is 2.24 bits per heavy atom. The Morgan fingerprint density at radius 2 is 1.86 bits per heavy atom. The van der Waals surface area contributed by atoms with E-state index in [-0.39, 0.29) is 19.3 Å². The number of ether oxygens (including phenoxy) is 1. The summed E-state index contributed by atoms with van der Waals surface area (Å²) in [7, 11) is 0. The maximum Gasteiger partial charge on any atom is 0.423 e. The number of likely N-dealkylation sites (N-methyl/N-ethyl adjacent to an activating group) is 1. The van der Waals surface area contributed by atoms with Crippen LogP contribution in [0, 0.1) is 0 Å². The minimum absolute atomic E-state index is 0.0310. The van der Waals surface area contributed by atoms with Gasteiger partial charge in [0.1, 0.15) is 5.54 Å². The van der Waals surface area contributed by atoms with Crippen molar-refractivity contribution in [3.05, 3.63) is 0 Å². The summed E-state index contributed by atoms with van der Waals surface area (Å²) >= 11 is 0. The Labute approximate surface area is 117 Å². The molecule has 1 saturated carbocycles. The number of nitrogens with one attached hydrogen (secondary N) is 1. The number of nitrogens with two attached hydrogens (primary N) is 1. The maximum atomic E-state index is 12.4. The first-order chi connectivity index (χ1) is 9.42. The molecule has 0 spiro atoms. The summed E-state index contributed by atoms with van der Waals surface area (Å²) in [5, 5.41) is 2.72. The van der Waals surface area contributed by atoms with Gasteiger partial charge >= 0.3 is 12.4 Å². The highest BCUT2D eigenvalue weighted by atomic mass is 19.4. The lowest BCUT2D eigenvalue weighted by molar-refractivity contribution is -0.330. The molecule has 0 aromatic rings. The SMILES string of the molecule is CCNC1(C(N)=O)CCC(OC(C(F)(F)F)C(F)(F)F)C1. The van der Waals surface area contributed by atoms with Crippen molar-refractivity contribution in [1.82, 2.24) is 5.32 Å². The van der Waals surface area contributed by atoms with Gasteiger partial charge in [0.25, 0.3) is 0 Å². The van der Waals surface area contributed by atoms with Crippen LogP contribution < -0.4 is 11.1 Å². The lowest BCUT2D eigenvalue weighted by Gasteiger charge is -2.29. The molecule has 21 heavy (non-hydrogen) atoms. The Hall–Kier alpha value is -1.03. The Morgan fingerprint density at radius 1 is 1.33 bits per heavy atom. The molecule has 1 rings (SSSR count). The van der Waals surface area contributed by atoms with E-state index in [4.69, 9.17) is 5.73 Å². The van der Waals surface area contributed by atoms with Crippen LogP contribution in [0.1, 0.15) is 26.2 Å². The summed E-state index contributed by atoms with van der Waals surface area (Å²) in [6.45, 7) is 1.95. The molecule has 0 aliphatic heterocycles. The largest absolute Gasteiger partial charge is 0.423 e. The second-order valence-electron chi connectivity index (χ2n) is 4.94. The molecule has 0 aromatic carbocycles. The summed E-state index contributed by atoms with van der Waals surface area (Å²) in [6.07, 6.45) is -16.7. The van der Waals surface area contributed by atoms with E-state index in [1.165, 1.54) is 0 Å². The van der Waals surface area contributed by atoms with E-state index in [0.29, 0.717) is 6.54 Å². The molecule has 124 valence electrons. The first kappa shape index (κ1) is 18.0. The van der Waals surface area contributed by atoms with Gasteiger partial charge in [0.05, 0.1) is 6.10 Å². The summed E-state index contributed by atoms with van der Waals surface area (Å²) in [5.74, 6) is -0.814. The van der Waals surface area contributed by atoms with E-state index in [2.05, 4.69) is 10.1 Å². The Balaban J connectivity index is 2.83. The highest BCUT2D eigenvalue weighted by molar-refractivity contribution is 5.85. The van der Waals surface area contributed by atoms with Gasteiger partial charge in [-0.25, -0.2) is 0 Å². The van der Waals surface area contributed by atoms with Crippen LogP contribution >= 0.6 is 0 Å². The smallest absolute Gasteiger partial charge is 0.368 e. The van der Waals surface area contributed by atoms with Gasteiger partial charge in [-0.1, -0.05) is 6.92 Å². The summed E-state index contributed by atoms with van der Waals surface area (Å²) < 4.78 is 78.7. The van der Waals surface area contributed by atoms with Gasteiger partial charge in [-0.15, -0.1) is 0 Å². The van der Waals surface area contributed by atoms with E-state index >= 15 is 0 Å². The fraction of sp³-hybridized carbons (Fsp3) is 0.909. The molecular formula is C11H16F6N2O2. The number of hydrogen-bond acceptors (Lipinski definition) is 3. The van der Waals surface area contributed by atoms with E-state index in [1.54, 1.807) is 6.92 Å². The van der Waals surface area contributed by atoms with Crippen LogP contribution in [-0.4, -0.2) is 42.6 Å². The monoisotopic (exact) mass is 322 g/mol. The van der Waals surface area contributed by atoms with Gasteiger partial charge in [-0.05, 0) is 19.4 Å². The molecular weight excluding hydrogens is 306 g/mol. The van der Waals surface area contributed by atoms with Crippen molar-refractivity contribution >= 4 is 5.91 Å². The van der Waals surface area contributed by atoms with Gasteiger partial charge < -0.3 is 15.8 Å². The molecule has 3 N–H and O–H groups in total. The first-order valence-corrected chi connectivity index (χ1v) is 6.26. The number of alkyl halides is 6. The third-order valence-corrected chi connectivity index (χ3v) is 3.38. The molecule has 1 amide bonds. The number of halogens is 6. The molecule has 0 radical (unpaired) electrons. The second kappa shape index (κ2) is 5.99. The third-order valence-electron chi connectivity index (χ3n) is 3.38. The van der Waals surface area contributed by atoms with Crippen molar-refractivity contribution < 1.29 is 35.9 Å². The number of carbonyl (C=O) groups excluding carboxylic acids is 1. The van der Waals surface area contributed by atoms with Crippen molar-refractivity contribution in [2.45, 2.75) is 56.3 Å². The van der Waals surface area contributed by atoms with Crippen molar-refractivity contribution in [3.63, 3.8) is 0 Å². The van der Waals surface area contributed by atoms with Crippen LogP contribution in [0.4, 0.5) is 26.3 Å². The highest BCUT2D eigenvalue weighted by Gasteiger charge is 2.59. The van der Waals surface area contributed by atoms with Crippen molar-refractivity contribution in [2.24, 2.45) is 5.73 Å². The number of hydrogen-bond donors (Lipinski definition) is 2. The summed E-state index contributed by atoms with van der Waals surface area (Å²) in [4.78, 5) is 11.4. The number of primary amides is 1. The molecule has 0 aromatic heterocycles. The summed E-state index contributed by atoms with van der Waals surface area (Å²) in [5.41, 5.74) is 3.86. The molecule has 2 unspecified atom stereocenters. The van der Waals surface area contributed by atoms with Gasteiger partial charge in [0.15, 0.2) is 0 Å². The zero-order chi connectivity index (χ0) is 16.5. The van der Waals surface area contributed by atoms with Crippen LogP contribution in [0.5, 0.6) is 0 Å².